The topological polar surface area (TPSA) is 59.0 Å². The van der Waals surface area contributed by atoms with Crippen LogP contribution in [0.2, 0.25) is 0 Å². The van der Waals surface area contributed by atoms with Crippen LogP contribution in [0.1, 0.15) is 16.7 Å². The highest BCUT2D eigenvalue weighted by Gasteiger charge is 2.14. The van der Waals surface area contributed by atoms with Crippen molar-refractivity contribution in [2.75, 3.05) is 5.73 Å². The number of nitrogens with two attached hydrogens (primary N) is 1. The van der Waals surface area contributed by atoms with Gasteiger partial charge in [0.15, 0.2) is 0 Å². The number of halogens is 2. The molecule has 80 valence electrons. The number of alkyl halides is 2. The van der Waals surface area contributed by atoms with Crippen LogP contribution in [0.15, 0.2) is 6.07 Å². The predicted octanol–water partition coefficient (Wildman–Crippen LogP) is 2.36. The molecule has 0 amide bonds. The van der Waals surface area contributed by atoms with Gasteiger partial charge < -0.3 is 10.5 Å². The summed E-state index contributed by atoms with van der Waals surface area (Å²) in [6.45, 7) is 0.248. The van der Waals surface area contributed by atoms with E-state index in [1.165, 1.54) is 13.0 Å². The van der Waals surface area contributed by atoms with E-state index >= 15 is 0 Å². The van der Waals surface area contributed by atoms with Gasteiger partial charge in [0.2, 0.25) is 0 Å². The molecule has 3 nitrogen and oxygen atoms in total. The summed E-state index contributed by atoms with van der Waals surface area (Å²) in [5, 5.41) is 8.81. The van der Waals surface area contributed by atoms with Crippen molar-refractivity contribution < 1.29 is 13.5 Å². The molecule has 0 spiro atoms. The predicted molar refractivity (Wildman–Crippen MR) is 51.7 cm³/mol. The molecule has 0 heterocycles. The maximum Gasteiger partial charge on any atom is 0.387 e. The van der Waals surface area contributed by atoms with Crippen molar-refractivity contribution in [1.82, 2.24) is 0 Å². The number of hydrogen-bond donors (Lipinski definition) is 1. The molecule has 1 aromatic carbocycles. The number of rotatable bonds is 2. The van der Waals surface area contributed by atoms with Crippen LogP contribution < -0.4 is 10.5 Å². The zero-order valence-corrected chi connectivity index (χ0v) is 8.34. The second-order valence-corrected chi connectivity index (χ2v) is 3.10. The molecule has 0 aliphatic rings. The Kier molecular flexibility index (Phi) is 3.10. The van der Waals surface area contributed by atoms with Crippen LogP contribution in [-0.2, 0) is 0 Å². The van der Waals surface area contributed by atoms with E-state index in [4.69, 9.17) is 11.0 Å². The average Bonchev–Trinajstić information content (AvgIpc) is 2.14. The molecule has 0 aromatic heterocycles. The van der Waals surface area contributed by atoms with Gasteiger partial charge in [0.25, 0.3) is 0 Å². The van der Waals surface area contributed by atoms with Crippen molar-refractivity contribution in [2.45, 2.75) is 20.5 Å². The van der Waals surface area contributed by atoms with Crippen molar-refractivity contribution in [3.8, 4) is 11.8 Å². The Morgan fingerprint density at radius 2 is 2.07 bits per heavy atom. The van der Waals surface area contributed by atoms with Crippen molar-refractivity contribution in [1.29, 1.82) is 5.26 Å². The van der Waals surface area contributed by atoms with E-state index in [1.807, 2.05) is 6.07 Å². The Balaban J connectivity index is 3.32. The summed E-state index contributed by atoms with van der Waals surface area (Å²) in [7, 11) is 0. The molecule has 5 heteroatoms. The molecule has 0 atom stereocenters. The highest BCUT2D eigenvalue weighted by atomic mass is 19.3. The zero-order valence-electron chi connectivity index (χ0n) is 8.34. The van der Waals surface area contributed by atoms with E-state index < -0.39 is 6.61 Å². The third-order valence-corrected chi connectivity index (χ3v) is 2.11. The lowest BCUT2D eigenvalue weighted by Crippen LogP contribution is -2.06. The first-order valence-corrected chi connectivity index (χ1v) is 4.22. The fourth-order valence-corrected chi connectivity index (χ4v) is 1.27. The largest absolute Gasteiger partial charge is 0.434 e. The fourth-order valence-electron chi connectivity index (χ4n) is 1.27. The first kappa shape index (κ1) is 11.2. The highest BCUT2D eigenvalue weighted by molar-refractivity contribution is 5.65. The van der Waals surface area contributed by atoms with E-state index in [2.05, 4.69) is 4.74 Å². The molecule has 1 aromatic rings. The van der Waals surface area contributed by atoms with Crippen LogP contribution >= 0.6 is 0 Å². The second-order valence-electron chi connectivity index (χ2n) is 3.10. The van der Waals surface area contributed by atoms with Crippen LogP contribution in [0.5, 0.6) is 5.75 Å². The van der Waals surface area contributed by atoms with Gasteiger partial charge in [-0.1, -0.05) is 0 Å². The minimum absolute atomic E-state index is 0.00625. The molecule has 0 aliphatic carbocycles. The Hall–Kier alpha value is -1.83. The lowest BCUT2D eigenvalue weighted by molar-refractivity contribution is -0.0503. The fraction of sp³-hybridized carbons (Fsp3) is 0.300. The third-order valence-electron chi connectivity index (χ3n) is 2.11. The standard InChI is InChI=1S/C10H10F2N2O/c1-5-3-8(15-10(11)12)6(2)7(4-13)9(5)14/h3,10H,14H2,1-2H3. The number of nitrogens with zero attached hydrogens (tertiary/aromatic N) is 1. The van der Waals surface area contributed by atoms with Gasteiger partial charge in [-0.25, -0.2) is 0 Å². The summed E-state index contributed by atoms with van der Waals surface area (Å²) in [5.41, 5.74) is 7.00. The van der Waals surface area contributed by atoms with Gasteiger partial charge in [-0.15, -0.1) is 0 Å². The number of nitriles is 1. The maximum absolute atomic E-state index is 12.0. The van der Waals surface area contributed by atoms with Crippen LogP contribution in [-0.4, -0.2) is 6.61 Å². The Morgan fingerprint density at radius 1 is 1.47 bits per heavy atom. The number of ether oxygens (including phenoxy) is 1. The van der Waals surface area contributed by atoms with E-state index in [-0.39, 0.29) is 11.3 Å². The number of aryl methyl sites for hydroxylation is 1. The lowest BCUT2D eigenvalue weighted by Gasteiger charge is -2.12. The monoisotopic (exact) mass is 212 g/mol. The molecule has 0 bridgehead atoms. The molecule has 2 N–H and O–H groups in total. The summed E-state index contributed by atoms with van der Waals surface area (Å²) in [4.78, 5) is 0. The molecule has 0 saturated heterocycles. The Morgan fingerprint density at radius 3 is 2.53 bits per heavy atom. The first-order valence-electron chi connectivity index (χ1n) is 4.22. The summed E-state index contributed by atoms with van der Waals surface area (Å²) >= 11 is 0. The molecule has 0 radical (unpaired) electrons. The Labute approximate surface area is 86.1 Å². The molecule has 0 aliphatic heterocycles. The van der Waals surface area contributed by atoms with E-state index in [0.29, 0.717) is 16.8 Å². The van der Waals surface area contributed by atoms with Crippen molar-refractivity contribution in [2.24, 2.45) is 0 Å². The third kappa shape index (κ3) is 2.15. The Bertz CT molecular complexity index is 424. The number of nitrogen functional groups attached to an aromatic ring is 1. The number of anilines is 1. The van der Waals surface area contributed by atoms with Gasteiger partial charge in [-0.2, -0.15) is 14.0 Å². The van der Waals surface area contributed by atoms with E-state index in [9.17, 15) is 8.78 Å². The van der Waals surface area contributed by atoms with E-state index in [1.54, 1.807) is 6.92 Å². The van der Waals surface area contributed by atoms with E-state index in [0.717, 1.165) is 0 Å². The van der Waals surface area contributed by atoms with Gasteiger partial charge in [-0.3, -0.25) is 0 Å². The second kappa shape index (κ2) is 4.13. The zero-order chi connectivity index (χ0) is 11.6. The van der Waals surface area contributed by atoms with Crippen molar-refractivity contribution >= 4 is 5.69 Å². The van der Waals surface area contributed by atoms with Gasteiger partial charge in [-0.05, 0) is 25.5 Å². The lowest BCUT2D eigenvalue weighted by atomic mass is 10.0. The minimum Gasteiger partial charge on any atom is -0.434 e. The molecule has 1 rings (SSSR count). The molecule has 15 heavy (non-hydrogen) atoms. The van der Waals surface area contributed by atoms with Crippen molar-refractivity contribution in [3.63, 3.8) is 0 Å². The van der Waals surface area contributed by atoms with Crippen LogP contribution in [0.4, 0.5) is 14.5 Å². The summed E-state index contributed by atoms with van der Waals surface area (Å²) < 4.78 is 28.3. The van der Waals surface area contributed by atoms with Gasteiger partial charge in [0.1, 0.15) is 11.8 Å². The van der Waals surface area contributed by atoms with Crippen LogP contribution in [0.3, 0.4) is 0 Å². The summed E-state index contributed by atoms with van der Waals surface area (Å²) in [6, 6.07) is 3.27. The molecule has 0 fully saturated rings. The van der Waals surface area contributed by atoms with Gasteiger partial charge >= 0.3 is 6.61 Å². The highest BCUT2D eigenvalue weighted by Crippen LogP contribution is 2.30. The maximum atomic E-state index is 12.0. The van der Waals surface area contributed by atoms with Gasteiger partial charge in [0, 0.05) is 5.56 Å². The smallest absolute Gasteiger partial charge is 0.387 e. The normalized spacial score (nSPS) is 10.1. The average molecular weight is 212 g/mol. The number of hydrogen-bond acceptors (Lipinski definition) is 3. The number of benzene rings is 1. The quantitative estimate of drug-likeness (QED) is 0.765. The minimum atomic E-state index is -2.90. The summed E-state index contributed by atoms with van der Waals surface area (Å²) in [6.07, 6.45) is 0. The molecular weight excluding hydrogens is 202 g/mol. The first-order chi connectivity index (χ1) is 6.97. The SMILES string of the molecule is Cc1cc(OC(F)F)c(C)c(C#N)c1N. The van der Waals surface area contributed by atoms with Crippen LogP contribution in [0.25, 0.3) is 0 Å². The summed E-state index contributed by atoms with van der Waals surface area (Å²) in [5.74, 6) is -0.00625. The van der Waals surface area contributed by atoms with Gasteiger partial charge in [0.05, 0.1) is 11.3 Å². The molecule has 0 unspecified atom stereocenters. The van der Waals surface area contributed by atoms with Crippen molar-refractivity contribution in [3.05, 3.63) is 22.8 Å². The molecule has 0 saturated carbocycles. The van der Waals surface area contributed by atoms with Crippen LogP contribution in [0, 0.1) is 25.2 Å². The molecular formula is C10H10F2N2O.